The summed E-state index contributed by atoms with van der Waals surface area (Å²) in [6, 6.07) is 18.9. The number of rotatable bonds is 0. The van der Waals surface area contributed by atoms with Gasteiger partial charge in [0, 0.05) is 17.8 Å². The second-order valence-electron chi connectivity index (χ2n) is 7.58. The molecule has 0 radical (unpaired) electrons. The molecule has 0 unspecified atom stereocenters. The summed E-state index contributed by atoms with van der Waals surface area (Å²) in [7, 11) is 0. The molecule has 29 heavy (non-hydrogen) atoms. The Balaban J connectivity index is 0.000000142. The molecular weight excluding hydrogens is 354 g/mol. The highest BCUT2D eigenvalue weighted by Crippen LogP contribution is 2.39. The van der Waals surface area contributed by atoms with Gasteiger partial charge in [0.25, 0.3) is 0 Å². The summed E-state index contributed by atoms with van der Waals surface area (Å²) in [5, 5.41) is 3.84. The van der Waals surface area contributed by atoms with Gasteiger partial charge in [-0.2, -0.15) is 0 Å². The zero-order valence-corrected chi connectivity index (χ0v) is 16.3. The molecule has 6 rings (SSSR count). The summed E-state index contributed by atoms with van der Waals surface area (Å²) < 4.78 is 0. The third-order valence-electron chi connectivity index (χ3n) is 5.80. The Morgan fingerprint density at radius 3 is 2.69 bits per heavy atom. The first-order valence-electron chi connectivity index (χ1n) is 10.2. The minimum Gasteiger partial charge on any atom is -0.384 e. The van der Waals surface area contributed by atoms with Crippen molar-refractivity contribution in [2.24, 2.45) is 0 Å². The first kappa shape index (κ1) is 17.6. The van der Waals surface area contributed by atoms with Gasteiger partial charge in [-0.1, -0.05) is 54.1 Å². The van der Waals surface area contributed by atoms with E-state index in [1.807, 2.05) is 12.1 Å². The molecule has 3 heteroatoms. The molecule has 0 amide bonds. The van der Waals surface area contributed by atoms with Gasteiger partial charge in [0.05, 0.1) is 5.52 Å². The summed E-state index contributed by atoms with van der Waals surface area (Å²) in [5.74, 6) is 0.545. The molecule has 3 nitrogen and oxygen atoms in total. The molecule has 0 spiro atoms. The van der Waals surface area contributed by atoms with Gasteiger partial charge in [-0.25, -0.2) is 4.98 Å². The van der Waals surface area contributed by atoms with Crippen molar-refractivity contribution in [1.82, 2.24) is 9.97 Å². The van der Waals surface area contributed by atoms with Gasteiger partial charge in [-0.3, -0.25) is 4.98 Å². The number of pyridine rings is 2. The van der Waals surface area contributed by atoms with E-state index in [4.69, 9.17) is 5.73 Å². The van der Waals surface area contributed by atoms with Crippen molar-refractivity contribution in [2.45, 2.75) is 25.7 Å². The fraction of sp³-hybridized carbons (Fsp3) is 0.154. The van der Waals surface area contributed by atoms with Crippen LogP contribution >= 0.6 is 0 Å². The van der Waals surface area contributed by atoms with E-state index in [0.717, 1.165) is 10.9 Å². The first-order valence-corrected chi connectivity index (χ1v) is 10.2. The van der Waals surface area contributed by atoms with E-state index in [9.17, 15) is 0 Å². The van der Waals surface area contributed by atoms with E-state index in [2.05, 4.69) is 58.5 Å². The molecule has 2 aromatic heterocycles. The zero-order valence-electron chi connectivity index (χ0n) is 16.3. The smallest absolute Gasteiger partial charge is 0.124 e. The number of nitrogen functional groups attached to an aromatic ring is 1. The number of fused-ring (bicyclic) bond motifs is 5. The molecule has 2 aliphatic rings. The minimum atomic E-state index is 0.545. The van der Waals surface area contributed by atoms with Crippen molar-refractivity contribution in [3.63, 3.8) is 0 Å². The normalized spacial score (nSPS) is 14.9. The lowest BCUT2D eigenvalue weighted by Gasteiger charge is -2.25. The van der Waals surface area contributed by atoms with Crippen LogP contribution in [0.1, 0.15) is 30.4 Å². The quantitative estimate of drug-likeness (QED) is 0.403. The SMILES string of the molecule is C1=CC2=C(CC1)CCc1c2ccc2ccccc12.Nc1ccc2cnccc2n1. The van der Waals surface area contributed by atoms with Gasteiger partial charge in [0.2, 0.25) is 0 Å². The molecule has 0 atom stereocenters. The largest absolute Gasteiger partial charge is 0.384 e. The van der Waals surface area contributed by atoms with Gasteiger partial charge < -0.3 is 5.73 Å². The Hall–Kier alpha value is -3.46. The molecule has 0 fully saturated rings. The number of hydrogen-bond donors (Lipinski definition) is 1. The summed E-state index contributed by atoms with van der Waals surface area (Å²) in [6.07, 6.45) is 13.1. The van der Waals surface area contributed by atoms with Crippen molar-refractivity contribution < 1.29 is 0 Å². The predicted molar refractivity (Wildman–Crippen MR) is 122 cm³/mol. The number of nitrogens with zero attached hydrogens (tertiary/aromatic N) is 2. The molecule has 2 aliphatic carbocycles. The Bertz CT molecular complexity index is 1270. The Morgan fingerprint density at radius 1 is 0.828 bits per heavy atom. The lowest BCUT2D eigenvalue weighted by Crippen LogP contribution is -2.06. The van der Waals surface area contributed by atoms with E-state index in [1.54, 1.807) is 29.6 Å². The van der Waals surface area contributed by atoms with Crippen LogP contribution in [0.5, 0.6) is 0 Å². The number of hydrogen-bond acceptors (Lipinski definition) is 3. The third-order valence-corrected chi connectivity index (χ3v) is 5.80. The maximum absolute atomic E-state index is 5.49. The Kier molecular flexibility index (Phi) is 4.57. The van der Waals surface area contributed by atoms with Crippen LogP contribution in [-0.2, 0) is 6.42 Å². The maximum atomic E-state index is 5.49. The van der Waals surface area contributed by atoms with Crippen LogP contribution in [0.4, 0.5) is 5.82 Å². The van der Waals surface area contributed by atoms with Crippen LogP contribution in [0.15, 0.2) is 84.7 Å². The summed E-state index contributed by atoms with van der Waals surface area (Å²) in [5.41, 5.74) is 12.6. The number of anilines is 1. The summed E-state index contributed by atoms with van der Waals surface area (Å²) in [6.45, 7) is 0. The number of aromatic nitrogens is 2. The molecule has 2 N–H and O–H groups in total. The van der Waals surface area contributed by atoms with E-state index >= 15 is 0 Å². The first-order chi connectivity index (χ1) is 14.3. The van der Waals surface area contributed by atoms with Gasteiger partial charge in [0.15, 0.2) is 0 Å². The second-order valence-corrected chi connectivity index (χ2v) is 7.58. The predicted octanol–water partition coefficient (Wildman–Crippen LogP) is 6.10. The monoisotopic (exact) mass is 377 g/mol. The van der Waals surface area contributed by atoms with Crippen molar-refractivity contribution in [2.75, 3.05) is 5.73 Å². The summed E-state index contributed by atoms with van der Waals surface area (Å²) >= 11 is 0. The molecule has 4 aromatic rings. The number of benzene rings is 2. The average Bonchev–Trinajstić information content (AvgIpc) is 2.79. The fourth-order valence-electron chi connectivity index (χ4n) is 4.37. The highest BCUT2D eigenvalue weighted by atomic mass is 14.8. The lowest BCUT2D eigenvalue weighted by molar-refractivity contribution is 0.831. The fourth-order valence-corrected chi connectivity index (χ4v) is 4.37. The Morgan fingerprint density at radius 2 is 1.72 bits per heavy atom. The van der Waals surface area contributed by atoms with Crippen molar-refractivity contribution in [3.05, 3.63) is 95.8 Å². The number of allylic oxidation sites excluding steroid dienone is 4. The summed E-state index contributed by atoms with van der Waals surface area (Å²) in [4.78, 5) is 8.08. The van der Waals surface area contributed by atoms with Gasteiger partial charge in [0.1, 0.15) is 5.82 Å². The molecular formula is C26H23N3. The topological polar surface area (TPSA) is 51.8 Å². The van der Waals surface area contributed by atoms with E-state index in [1.165, 1.54) is 47.6 Å². The van der Waals surface area contributed by atoms with Crippen molar-refractivity contribution >= 4 is 33.1 Å². The third kappa shape index (κ3) is 3.40. The number of nitrogens with two attached hydrogens (primary N) is 1. The van der Waals surface area contributed by atoms with E-state index < -0.39 is 0 Å². The second kappa shape index (κ2) is 7.51. The minimum absolute atomic E-state index is 0.545. The van der Waals surface area contributed by atoms with Crippen LogP contribution in [0.3, 0.4) is 0 Å². The standard InChI is InChI=1S/C18H16.C8H7N3/c1-3-7-15-13(5-1)9-11-18-16-8-4-2-6-14(16)10-12-17(15)18;9-8-2-1-6-5-10-4-3-7(6)11-8/h1,3-5,7-9,11H,2,6,10,12H2;1-5H,(H2,9,11). The molecule has 142 valence electrons. The number of aryl methyl sites for hydroxylation is 1. The van der Waals surface area contributed by atoms with E-state index in [-0.39, 0.29) is 0 Å². The van der Waals surface area contributed by atoms with Gasteiger partial charge in [-0.05, 0) is 71.4 Å². The zero-order chi connectivity index (χ0) is 19.6. The van der Waals surface area contributed by atoms with Gasteiger partial charge >= 0.3 is 0 Å². The van der Waals surface area contributed by atoms with Crippen LogP contribution < -0.4 is 5.73 Å². The highest BCUT2D eigenvalue weighted by Gasteiger charge is 2.20. The molecule has 0 saturated carbocycles. The lowest BCUT2D eigenvalue weighted by atomic mass is 9.80. The highest BCUT2D eigenvalue weighted by molar-refractivity contribution is 5.93. The van der Waals surface area contributed by atoms with Crippen molar-refractivity contribution in [1.29, 1.82) is 0 Å². The molecule has 0 bridgehead atoms. The van der Waals surface area contributed by atoms with Crippen LogP contribution in [0.2, 0.25) is 0 Å². The van der Waals surface area contributed by atoms with Crippen LogP contribution in [0.25, 0.3) is 27.2 Å². The molecule has 0 aliphatic heterocycles. The molecule has 0 saturated heterocycles. The van der Waals surface area contributed by atoms with Crippen LogP contribution in [-0.4, -0.2) is 9.97 Å². The Labute approximate surface area is 170 Å². The average molecular weight is 377 g/mol. The molecule has 2 heterocycles. The molecule has 2 aromatic carbocycles. The van der Waals surface area contributed by atoms with E-state index in [0.29, 0.717) is 5.82 Å². The maximum Gasteiger partial charge on any atom is 0.124 e. The van der Waals surface area contributed by atoms with Crippen LogP contribution in [0, 0.1) is 0 Å². The van der Waals surface area contributed by atoms with Crippen molar-refractivity contribution in [3.8, 4) is 0 Å². The van der Waals surface area contributed by atoms with Gasteiger partial charge in [-0.15, -0.1) is 0 Å².